The lowest BCUT2D eigenvalue weighted by Crippen LogP contribution is -2.27. The van der Waals surface area contributed by atoms with Crippen molar-refractivity contribution in [2.45, 2.75) is 20.1 Å². The van der Waals surface area contributed by atoms with Crippen LogP contribution in [0.25, 0.3) is 6.08 Å². The maximum Gasteiger partial charge on any atom is 0.293 e. The number of carbonyl (C=O) groups excluding carboxylic acids is 2. The van der Waals surface area contributed by atoms with Gasteiger partial charge in [0.1, 0.15) is 6.61 Å². The van der Waals surface area contributed by atoms with Gasteiger partial charge in [-0.1, -0.05) is 53.6 Å². The zero-order valence-corrected chi connectivity index (χ0v) is 21.7. The number of hydrogen-bond acceptors (Lipinski definition) is 5. The van der Waals surface area contributed by atoms with Gasteiger partial charge in [-0.25, -0.2) is 0 Å². The van der Waals surface area contributed by atoms with Crippen molar-refractivity contribution in [1.82, 2.24) is 4.90 Å². The molecular weight excluding hydrogens is 538 g/mol. The molecule has 1 heterocycles. The van der Waals surface area contributed by atoms with Crippen LogP contribution in [0.2, 0.25) is 5.02 Å². The Labute approximate surface area is 215 Å². The van der Waals surface area contributed by atoms with E-state index in [1.807, 2.05) is 61.5 Å². The van der Waals surface area contributed by atoms with E-state index in [0.717, 1.165) is 28.5 Å². The van der Waals surface area contributed by atoms with Crippen LogP contribution in [0.4, 0.5) is 4.79 Å². The fourth-order valence-corrected chi connectivity index (χ4v) is 5.02. The number of thioether (sulfide) groups is 1. The van der Waals surface area contributed by atoms with Gasteiger partial charge in [0.15, 0.2) is 11.5 Å². The molecule has 3 aromatic carbocycles. The van der Waals surface area contributed by atoms with Crippen molar-refractivity contribution in [3.05, 3.63) is 97.3 Å². The molecule has 8 heteroatoms. The topological polar surface area (TPSA) is 55.8 Å². The second-order valence-corrected chi connectivity index (χ2v) is 9.99. The molecule has 0 saturated carbocycles. The van der Waals surface area contributed by atoms with Crippen molar-refractivity contribution in [1.29, 1.82) is 0 Å². The first-order valence-electron chi connectivity index (χ1n) is 10.4. The summed E-state index contributed by atoms with van der Waals surface area (Å²) >= 11 is 10.4. The largest absolute Gasteiger partial charge is 0.493 e. The predicted octanol–water partition coefficient (Wildman–Crippen LogP) is 7.24. The number of amides is 2. The van der Waals surface area contributed by atoms with Gasteiger partial charge in [-0.2, -0.15) is 0 Å². The molecule has 0 bridgehead atoms. The highest BCUT2D eigenvalue weighted by Crippen LogP contribution is 2.39. The Morgan fingerprint density at radius 2 is 1.82 bits per heavy atom. The molecule has 5 nitrogen and oxygen atoms in total. The summed E-state index contributed by atoms with van der Waals surface area (Å²) < 4.78 is 12.2. The SMILES string of the molecule is COc1cc(/C=C2\SC(=O)N(Cc3cccc(C)c3)C2=O)cc(Br)c1OCc1ccc(Cl)cc1. The summed E-state index contributed by atoms with van der Waals surface area (Å²) in [5, 5.41) is 0.377. The van der Waals surface area contributed by atoms with E-state index in [-0.39, 0.29) is 17.7 Å². The second-order valence-electron chi connectivity index (χ2n) is 7.71. The first-order chi connectivity index (χ1) is 16.3. The van der Waals surface area contributed by atoms with Crippen molar-refractivity contribution in [2.75, 3.05) is 7.11 Å². The van der Waals surface area contributed by atoms with Crippen LogP contribution >= 0.6 is 39.3 Å². The van der Waals surface area contributed by atoms with Gasteiger partial charge in [-0.15, -0.1) is 0 Å². The fourth-order valence-electron chi connectivity index (χ4n) is 3.48. The van der Waals surface area contributed by atoms with Crippen LogP contribution in [0.3, 0.4) is 0 Å². The molecule has 0 radical (unpaired) electrons. The molecule has 0 unspecified atom stereocenters. The van der Waals surface area contributed by atoms with Gasteiger partial charge in [-0.05, 0) is 81.6 Å². The van der Waals surface area contributed by atoms with Crippen LogP contribution in [0.15, 0.2) is 70.0 Å². The van der Waals surface area contributed by atoms with E-state index in [2.05, 4.69) is 15.9 Å². The highest BCUT2D eigenvalue weighted by molar-refractivity contribution is 9.10. The summed E-state index contributed by atoms with van der Waals surface area (Å²) in [4.78, 5) is 27.1. The summed E-state index contributed by atoms with van der Waals surface area (Å²) in [6.45, 7) is 2.56. The number of hydrogen-bond donors (Lipinski definition) is 0. The molecule has 0 spiro atoms. The van der Waals surface area contributed by atoms with Crippen LogP contribution in [0.5, 0.6) is 11.5 Å². The summed E-state index contributed by atoms with van der Waals surface area (Å²) in [6, 6.07) is 18.8. The highest BCUT2D eigenvalue weighted by Gasteiger charge is 2.35. The van der Waals surface area contributed by atoms with Crippen LogP contribution in [-0.2, 0) is 17.9 Å². The van der Waals surface area contributed by atoms with Crippen LogP contribution < -0.4 is 9.47 Å². The number of benzene rings is 3. The Hall–Kier alpha value is -2.74. The van der Waals surface area contributed by atoms with Gasteiger partial charge in [0.25, 0.3) is 11.1 Å². The van der Waals surface area contributed by atoms with Gasteiger partial charge in [0.2, 0.25) is 0 Å². The summed E-state index contributed by atoms with van der Waals surface area (Å²) in [6.07, 6.45) is 1.69. The number of aryl methyl sites for hydroxylation is 1. The third-order valence-corrected chi connectivity index (χ3v) is 6.89. The molecule has 3 aromatic rings. The molecule has 1 saturated heterocycles. The minimum absolute atomic E-state index is 0.244. The lowest BCUT2D eigenvalue weighted by molar-refractivity contribution is -0.123. The number of rotatable bonds is 7. The van der Waals surface area contributed by atoms with Crippen molar-refractivity contribution in [2.24, 2.45) is 0 Å². The molecule has 1 aliphatic rings. The summed E-state index contributed by atoms with van der Waals surface area (Å²) in [5.41, 5.74) is 3.67. The molecule has 0 atom stereocenters. The van der Waals surface area contributed by atoms with E-state index in [4.69, 9.17) is 21.1 Å². The molecule has 1 aliphatic heterocycles. The maximum atomic E-state index is 12.9. The first-order valence-corrected chi connectivity index (χ1v) is 12.4. The van der Waals surface area contributed by atoms with E-state index >= 15 is 0 Å². The summed E-state index contributed by atoms with van der Waals surface area (Å²) in [7, 11) is 1.55. The molecule has 4 rings (SSSR count). The van der Waals surface area contributed by atoms with E-state index in [1.54, 1.807) is 19.3 Å². The molecule has 0 aromatic heterocycles. The smallest absolute Gasteiger partial charge is 0.293 e. The Balaban J connectivity index is 1.53. The number of methoxy groups -OCH3 is 1. The lowest BCUT2D eigenvalue weighted by Gasteiger charge is -2.14. The Morgan fingerprint density at radius 3 is 2.53 bits per heavy atom. The average molecular weight is 559 g/mol. The van der Waals surface area contributed by atoms with E-state index < -0.39 is 0 Å². The number of nitrogens with zero attached hydrogens (tertiary/aromatic N) is 1. The molecule has 174 valence electrons. The summed E-state index contributed by atoms with van der Waals surface area (Å²) in [5.74, 6) is 0.741. The van der Waals surface area contributed by atoms with Crippen LogP contribution in [0, 0.1) is 6.92 Å². The fraction of sp³-hybridized carbons (Fsp3) is 0.154. The van der Waals surface area contributed by atoms with E-state index in [9.17, 15) is 9.59 Å². The second kappa shape index (κ2) is 10.7. The Bertz CT molecular complexity index is 1280. The normalized spacial score (nSPS) is 14.7. The molecule has 0 N–H and O–H groups in total. The van der Waals surface area contributed by atoms with Gasteiger partial charge in [0.05, 0.1) is 23.0 Å². The minimum Gasteiger partial charge on any atom is -0.493 e. The quantitative estimate of drug-likeness (QED) is 0.286. The van der Waals surface area contributed by atoms with Crippen molar-refractivity contribution in [3.8, 4) is 11.5 Å². The average Bonchev–Trinajstić information content (AvgIpc) is 3.06. The van der Waals surface area contributed by atoms with Crippen molar-refractivity contribution in [3.63, 3.8) is 0 Å². The zero-order valence-electron chi connectivity index (χ0n) is 18.5. The molecule has 0 aliphatic carbocycles. The third-order valence-electron chi connectivity index (χ3n) is 5.14. The Kier molecular flexibility index (Phi) is 7.66. The molecule has 1 fully saturated rings. The van der Waals surface area contributed by atoms with Gasteiger partial charge < -0.3 is 9.47 Å². The third kappa shape index (κ3) is 5.66. The van der Waals surface area contributed by atoms with Crippen molar-refractivity contribution >= 4 is 56.5 Å². The molecule has 2 amide bonds. The van der Waals surface area contributed by atoms with Gasteiger partial charge in [0, 0.05) is 5.02 Å². The predicted molar refractivity (Wildman–Crippen MR) is 139 cm³/mol. The Morgan fingerprint density at radius 1 is 1.06 bits per heavy atom. The first kappa shape index (κ1) is 24.4. The van der Waals surface area contributed by atoms with Crippen LogP contribution in [0.1, 0.15) is 22.3 Å². The lowest BCUT2D eigenvalue weighted by atomic mass is 10.1. The van der Waals surface area contributed by atoms with Gasteiger partial charge in [-0.3, -0.25) is 14.5 Å². The van der Waals surface area contributed by atoms with Crippen molar-refractivity contribution < 1.29 is 19.1 Å². The maximum absolute atomic E-state index is 12.9. The van der Waals surface area contributed by atoms with Crippen LogP contribution in [-0.4, -0.2) is 23.2 Å². The van der Waals surface area contributed by atoms with E-state index in [1.165, 1.54) is 4.90 Å². The number of halogens is 2. The van der Waals surface area contributed by atoms with Gasteiger partial charge >= 0.3 is 0 Å². The highest BCUT2D eigenvalue weighted by atomic mass is 79.9. The van der Waals surface area contributed by atoms with E-state index in [0.29, 0.717) is 38.1 Å². The minimum atomic E-state index is -0.310. The molecule has 34 heavy (non-hydrogen) atoms. The number of carbonyl (C=O) groups is 2. The zero-order chi connectivity index (χ0) is 24.2. The molecular formula is C26H21BrClNO4S. The monoisotopic (exact) mass is 557 g/mol. The standard InChI is InChI=1S/C26H21BrClNO4S/c1-16-4-3-5-18(10-16)14-29-25(30)23(34-26(29)31)13-19-11-21(27)24(22(12-19)32-2)33-15-17-6-8-20(28)9-7-17/h3-13H,14-15H2,1-2H3/b23-13-. The number of ether oxygens (including phenoxy) is 2. The number of imide groups is 1.